The summed E-state index contributed by atoms with van der Waals surface area (Å²) in [4.78, 5) is 40.3. The van der Waals surface area contributed by atoms with Gasteiger partial charge in [-0.05, 0) is 60.2 Å². The fourth-order valence-electron chi connectivity index (χ4n) is 4.03. The predicted molar refractivity (Wildman–Crippen MR) is 151 cm³/mol. The Morgan fingerprint density at radius 3 is 2.37 bits per heavy atom. The number of benzene rings is 2. The average Bonchev–Trinajstić information content (AvgIpc) is 3.78. The second-order valence-corrected chi connectivity index (χ2v) is 10.4. The second-order valence-electron chi connectivity index (χ2n) is 9.55. The van der Waals surface area contributed by atoms with Gasteiger partial charge in [0.15, 0.2) is 11.5 Å². The van der Waals surface area contributed by atoms with Gasteiger partial charge in [0.2, 0.25) is 5.91 Å². The number of anilines is 1. The minimum absolute atomic E-state index is 0.00814. The molecule has 43 heavy (non-hydrogen) atoms. The molecule has 0 unspecified atom stereocenters. The Bertz CT molecular complexity index is 1480. The standard InChI is InChI=1S/C29H26Cl2F2N2O8/c1-40-22-6-5-17(8-21(22)35-26(36)11-27(37)38)28(39)42-24(10-18-19(30)12-34-13-20(18)31)16-4-7-23(43-29(32)33)25(9-16)41-14-15-2-3-15/h4-9,12-13,15,24,29H,2-3,10-11,14H2,1H3,(H,35,36)(H,37,38)/t24-/m0/s1. The van der Waals surface area contributed by atoms with Crippen molar-refractivity contribution in [2.24, 2.45) is 5.92 Å². The van der Waals surface area contributed by atoms with Crippen LogP contribution in [0.3, 0.4) is 0 Å². The molecule has 228 valence electrons. The van der Waals surface area contributed by atoms with Crippen LogP contribution >= 0.6 is 23.2 Å². The van der Waals surface area contributed by atoms with Gasteiger partial charge in [0.25, 0.3) is 0 Å². The maximum absolute atomic E-state index is 13.4. The minimum Gasteiger partial charge on any atom is -0.495 e. The molecule has 1 fully saturated rings. The summed E-state index contributed by atoms with van der Waals surface area (Å²) in [7, 11) is 1.34. The Balaban J connectivity index is 1.67. The lowest BCUT2D eigenvalue weighted by Crippen LogP contribution is -2.18. The fraction of sp³-hybridized carbons (Fsp3) is 0.310. The lowest BCUT2D eigenvalue weighted by molar-refractivity contribution is -0.139. The number of nitrogens with zero attached hydrogens (tertiary/aromatic N) is 1. The third-order valence-electron chi connectivity index (χ3n) is 6.34. The van der Waals surface area contributed by atoms with Crippen molar-refractivity contribution in [2.45, 2.75) is 38.4 Å². The summed E-state index contributed by atoms with van der Waals surface area (Å²) in [6, 6.07) is 8.26. The monoisotopic (exact) mass is 638 g/mol. The molecule has 1 aliphatic carbocycles. The van der Waals surface area contributed by atoms with E-state index in [1.165, 1.54) is 55.9 Å². The summed E-state index contributed by atoms with van der Waals surface area (Å²) in [5.41, 5.74) is 0.824. The number of hydrogen-bond donors (Lipinski definition) is 2. The zero-order chi connectivity index (χ0) is 31.1. The molecule has 0 saturated heterocycles. The number of aromatic nitrogens is 1. The minimum atomic E-state index is -3.09. The Labute approximate surface area is 254 Å². The van der Waals surface area contributed by atoms with Crippen molar-refractivity contribution in [3.05, 3.63) is 75.5 Å². The molecule has 2 aromatic carbocycles. The molecule has 0 spiro atoms. The Morgan fingerprint density at radius 1 is 1.05 bits per heavy atom. The number of esters is 1. The van der Waals surface area contributed by atoms with E-state index in [2.05, 4.69) is 15.0 Å². The van der Waals surface area contributed by atoms with E-state index in [1.54, 1.807) is 0 Å². The Morgan fingerprint density at radius 2 is 1.74 bits per heavy atom. The topological polar surface area (TPSA) is 133 Å². The maximum atomic E-state index is 13.4. The summed E-state index contributed by atoms with van der Waals surface area (Å²) in [5, 5.41) is 11.7. The van der Waals surface area contributed by atoms with E-state index in [9.17, 15) is 23.2 Å². The average molecular weight is 639 g/mol. The van der Waals surface area contributed by atoms with Crippen LogP contribution in [-0.2, 0) is 20.7 Å². The van der Waals surface area contributed by atoms with Gasteiger partial charge in [0.1, 0.15) is 18.3 Å². The van der Waals surface area contributed by atoms with E-state index in [0.717, 1.165) is 12.8 Å². The first-order valence-electron chi connectivity index (χ1n) is 12.9. The van der Waals surface area contributed by atoms with Gasteiger partial charge in [-0.15, -0.1) is 0 Å². The number of methoxy groups -OCH3 is 1. The zero-order valence-corrected chi connectivity index (χ0v) is 24.2. The molecule has 0 aliphatic heterocycles. The van der Waals surface area contributed by atoms with Gasteiger partial charge in [-0.1, -0.05) is 29.3 Å². The van der Waals surface area contributed by atoms with Gasteiger partial charge in [0, 0.05) is 18.8 Å². The van der Waals surface area contributed by atoms with Crippen LogP contribution in [0.25, 0.3) is 0 Å². The van der Waals surface area contributed by atoms with Crippen molar-refractivity contribution < 1.29 is 47.2 Å². The number of pyridine rings is 1. The van der Waals surface area contributed by atoms with Crippen LogP contribution in [0.2, 0.25) is 10.0 Å². The molecule has 14 heteroatoms. The SMILES string of the molecule is COc1ccc(C(=O)O[C@@H](Cc2c(Cl)cncc2Cl)c2ccc(OC(F)F)c(OCC3CC3)c2)cc1NC(=O)CC(=O)O. The van der Waals surface area contributed by atoms with Crippen molar-refractivity contribution in [1.29, 1.82) is 0 Å². The van der Waals surface area contributed by atoms with Gasteiger partial charge in [-0.2, -0.15) is 8.78 Å². The highest BCUT2D eigenvalue weighted by Gasteiger charge is 2.26. The number of nitrogens with one attached hydrogen (secondary N) is 1. The third-order valence-corrected chi connectivity index (χ3v) is 6.99. The number of hydrogen-bond acceptors (Lipinski definition) is 8. The Hall–Kier alpha value is -4.16. The number of carboxylic acids is 1. The zero-order valence-electron chi connectivity index (χ0n) is 22.7. The third kappa shape index (κ3) is 8.91. The molecule has 1 atom stereocenters. The van der Waals surface area contributed by atoms with E-state index in [1.807, 2.05) is 0 Å². The largest absolute Gasteiger partial charge is 0.495 e. The summed E-state index contributed by atoms with van der Waals surface area (Å²) in [5.74, 6) is -2.65. The van der Waals surface area contributed by atoms with Crippen LogP contribution in [-0.4, -0.2) is 48.3 Å². The maximum Gasteiger partial charge on any atom is 0.387 e. The van der Waals surface area contributed by atoms with Crippen LogP contribution < -0.4 is 19.5 Å². The van der Waals surface area contributed by atoms with Crippen molar-refractivity contribution in [3.63, 3.8) is 0 Å². The van der Waals surface area contributed by atoms with Crippen LogP contribution in [0.1, 0.15) is 46.9 Å². The highest BCUT2D eigenvalue weighted by Crippen LogP contribution is 2.38. The molecule has 3 aromatic rings. The second kappa shape index (κ2) is 14.3. The molecule has 1 saturated carbocycles. The van der Waals surface area contributed by atoms with Gasteiger partial charge in [-0.3, -0.25) is 14.6 Å². The van der Waals surface area contributed by atoms with Crippen molar-refractivity contribution in [3.8, 4) is 17.2 Å². The predicted octanol–water partition coefficient (Wildman–Crippen LogP) is 6.34. The van der Waals surface area contributed by atoms with Gasteiger partial charge in [-0.25, -0.2) is 4.79 Å². The molecule has 0 radical (unpaired) electrons. The molecule has 1 amide bonds. The normalized spacial score (nSPS) is 13.3. The summed E-state index contributed by atoms with van der Waals surface area (Å²) in [6.07, 6.45) is 2.79. The molecular weight excluding hydrogens is 613 g/mol. The molecular formula is C29H26Cl2F2N2O8. The summed E-state index contributed by atoms with van der Waals surface area (Å²) < 4.78 is 47.7. The van der Waals surface area contributed by atoms with E-state index >= 15 is 0 Å². The van der Waals surface area contributed by atoms with Crippen LogP contribution in [0, 0.1) is 5.92 Å². The lowest BCUT2D eigenvalue weighted by atomic mass is 10.0. The van der Waals surface area contributed by atoms with Crippen LogP contribution in [0.15, 0.2) is 48.8 Å². The number of rotatable bonds is 14. The quantitative estimate of drug-likeness (QED) is 0.153. The fourth-order valence-corrected chi connectivity index (χ4v) is 4.55. The number of ether oxygens (including phenoxy) is 4. The molecule has 2 N–H and O–H groups in total. The van der Waals surface area contributed by atoms with E-state index in [-0.39, 0.29) is 45.0 Å². The van der Waals surface area contributed by atoms with E-state index in [0.29, 0.717) is 23.7 Å². The number of amides is 1. The molecule has 10 nitrogen and oxygen atoms in total. The van der Waals surface area contributed by atoms with E-state index in [4.69, 9.17) is 42.5 Å². The van der Waals surface area contributed by atoms with Crippen LogP contribution in [0.4, 0.5) is 14.5 Å². The molecule has 4 rings (SSSR count). The number of aliphatic carboxylic acids is 1. The molecule has 0 bridgehead atoms. The van der Waals surface area contributed by atoms with E-state index < -0.39 is 37.0 Å². The first kappa shape index (κ1) is 31.8. The number of alkyl halides is 2. The van der Waals surface area contributed by atoms with Crippen molar-refractivity contribution >= 4 is 46.7 Å². The highest BCUT2D eigenvalue weighted by molar-refractivity contribution is 6.35. The molecule has 1 aliphatic rings. The Kier molecular flexibility index (Phi) is 10.6. The first-order chi connectivity index (χ1) is 20.5. The highest BCUT2D eigenvalue weighted by atomic mass is 35.5. The smallest absolute Gasteiger partial charge is 0.387 e. The summed E-state index contributed by atoms with van der Waals surface area (Å²) >= 11 is 12.7. The van der Waals surface area contributed by atoms with Gasteiger partial charge < -0.3 is 29.4 Å². The lowest BCUT2D eigenvalue weighted by Gasteiger charge is -2.22. The number of carboxylic acid groups (broad SMARTS) is 1. The number of carbonyl (C=O) groups is 3. The van der Waals surface area contributed by atoms with Crippen molar-refractivity contribution in [2.75, 3.05) is 19.0 Å². The first-order valence-corrected chi connectivity index (χ1v) is 13.7. The number of carbonyl (C=O) groups excluding carboxylic acids is 2. The van der Waals surface area contributed by atoms with Gasteiger partial charge >= 0.3 is 18.6 Å². The molecule has 1 heterocycles. The van der Waals surface area contributed by atoms with Crippen molar-refractivity contribution in [1.82, 2.24) is 4.98 Å². The van der Waals surface area contributed by atoms with Gasteiger partial charge in [0.05, 0.1) is 35.0 Å². The molecule has 1 aromatic heterocycles. The summed E-state index contributed by atoms with van der Waals surface area (Å²) in [6.45, 7) is -2.78. The van der Waals surface area contributed by atoms with Crippen LogP contribution in [0.5, 0.6) is 17.2 Å². The number of halogens is 4.